The maximum atomic E-state index is 9.19. The van der Waals surface area contributed by atoms with Crippen LogP contribution in [-0.4, -0.2) is 11.7 Å². The smallest absolute Gasteiger partial charge is 0.123 e. The summed E-state index contributed by atoms with van der Waals surface area (Å²) in [7, 11) is 0. The molecule has 0 bridgehead atoms. The monoisotopic (exact) mass is 308 g/mol. The zero-order valence-electron chi connectivity index (χ0n) is 13.4. The molecule has 23 heavy (non-hydrogen) atoms. The minimum atomic E-state index is 0.349. The number of aromatic hydroxyl groups is 1. The molecule has 0 aromatic heterocycles. The average molecular weight is 308 g/mol. The molecule has 0 saturated heterocycles. The van der Waals surface area contributed by atoms with Crippen LogP contribution in [0.15, 0.2) is 86.5 Å². The fourth-order valence-corrected chi connectivity index (χ4v) is 1.96. The highest BCUT2D eigenvalue weighted by Crippen LogP contribution is 2.18. The maximum absolute atomic E-state index is 9.19. The molecule has 2 aromatic carbocycles. The molecule has 0 aliphatic rings. The van der Waals surface area contributed by atoms with Gasteiger partial charge >= 0.3 is 0 Å². The van der Waals surface area contributed by atoms with Crippen molar-refractivity contribution in [3.8, 4) is 11.5 Å². The van der Waals surface area contributed by atoms with Crippen LogP contribution >= 0.6 is 0 Å². The lowest BCUT2D eigenvalue weighted by Gasteiger charge is -2.07. The Balaban J connectivity index is 0.000000238. The van der Waals surface area contributed by atoms with Crippen LogP contribution in [0.3, 0.4) is 0 Å². The summed E-state index contributed by atoms with van der Waals surface area (Å²) in [5, 5.41) is 9.19. The predicted molar refractivity (Wildman–Crippen MR) is 98.0 cm³/mol. The minimum Gasteiger partial charge on any atom is -0.508 e. The van der Waals surface area contributed by atoms with Gasteiger partial charge < -0.3 is 9.84 Å². The van der Waals surface area contributed by atoms with Crippen molar-refractivity contribution in [2.45, 2.75) is 12.8 Å². The lowest BCUT2D eigenvalue weighted by Crippen LogP contribution is -1.96. The van der Waals surface area contributed by atoms with Crippen molar-refractivity contribution in [2.75, 3.05) is 6.61 Å². The van der Waals surface area contributed by atoms with E-state index in [1.807, 2.05) is 48.5 Å². The average Bonchev–Trinajstić information content (AvgIpc) is 2.57. The van der Waals surface area contributed by atoms with E-state index in [-0.39, 0.29) is 0 Å². The van der Waals surface area contributed by atoms with Crippen LogP contribution in [0.25, 0.3) is 0 Å². The first-order valence-corrected chi connectivity index (χ1v) is 7.53. The largest absolute Gasteiger partial charge is 0.508 e. The Hall–Kier alpha value is -2.74. The number of phenols is 1. The summed E-state index contributed by atoms with van der Waals surface area (Å²) in [5.41, 5.74) is 2.09. The van der Waals surface area contributed by atoms with Gasteiger partial charge in [0.1, 0.15) is 18.1 Å². The molecule has 0 spiro atoms. The van der Waals surface area contributed by atoms with Crippen molar-refractivity contribution in [1.29, 1.82) is 0 Å². The van der Waals surface area contributed by atoms with Gasteiger partial charge in [0.05, 0.1) is 0 Å². The maximum Gasteiger partial charge on any atom is 0.123 e. The summed E-state index contributed by atoms with van der Waals surface area (Å²) in [4.78, 5) is 0. The lowest BCUT2D eigenvalue weighted by atomic mass is 10.1. The zero-order valence-corrected chi connectivity index (χ0v) is 13.4. The summed E-state index contributed by atoms with van der Waals surface area (Å²) in [6, 6.07) is 15.2. The van der Waals surface area contributed by atoms with Crippen LogP contribution in [-0.2, 0) is 12.8 Å². The van der Waals surface area contributed by atoms with E-state index >= 15 is 0 Å². The Morgan fingerprint density at radius 3 is 1.96 bits per heavy atom. The molecule has 0 atom stereocenters. The number of allylic oxidation sites excluding steroid dienone is 2. The Labute approximate surface area is 139 Å². The van der Waals surface area contributed by atoms with E-state index in [2.05, 4.69) is 19.7 Å². The molecule has 2 nitrogen and oxygen atoms in total. The van der Waals surface area contributed by atoms with E-state index in [1.54, 1.807) is 18.2 Å². The Bertz CT molecular complexity index is 629. The molecular formula is C21H24O2. The second-order valence-corrected chi connectivity index (χ2v) is 4.82. The molecule has 0 aliphatic heterocycles. The molecule has 0 unspecified atom stereocenters. The first-order valence-electron chi connectivity index (χ1n) is 7.53. The van der Waals surface area contributed by atoms with Crippen molar-refractivity contribution in [3.63, 3.8) is 0 Å². The fourth-order valence-electron chi connectivity index (χ4n) is 1.96. The molecule has 0 heterocycles. The van der Waals surface area contributed by atoms with Crippen molar-refractivity contribution < 1.29 is 9.84 Å². The minimum absolute atomic E-state index is 0.349. The van der Waals surface area contributed by atoms with Gasteiger partial charge in [0.15, 0.2) is 0 Å². The van der Waals surface area contributed by atoms with Crippen molar-refractivity contribution in [2.24, 2.45) is 0 Å². The van der Waals surface area contributed by atoms with E-state index in [0.29, 0.717) is 12.4 Å². The second kappa shape index (κ2) is 10.9. The standard InChI is InChI=1S/C12H14O.C9H10O/c1-3-7-11-8-5-6-9-12(11)13-10-4-2;1-2-5-8-6-3-4-7-9(8)10/h3-6,8-9H,1-2,7,10H2;2-4,6-7,10H,1,5H2. The van der Waals surface area contributed by atoms with Gasteiger partial charge in [-0.05, 0) is 36.1 Å². The third-order valence-corrected chi connectivity index (χ3v) is 3.05. The Kier molecular flexibility index (Phi) is 8.69. The molecule has 0 saturated carbocycles. The Morgan fingerprint density at radius 1 is 0.783 bits per heavy atom. The third-order valence-electron chi connectivity index (χ3n) is 3.05. The van der Waals surface area contributed by atoms with Gasteiger partial charge in [-0.25, -0.2) is 0 Å². The highest BCUT2D eigenvalue weighted by molar-refractivity contribution is 5.34. The first kappa shape index (κ1) is 18.3. The van der Waals surface area contributed by atoms with Gasteiger partial charge in [-0.3, -0.25) is 0 Å². The van der Waals surface area contributed by atoms with Crippen molar-refractivity contribution >= 4 is 0 Å². The van der Waals surface area contributed by atoms with Crippen LogP contribution < -0.4 is 4.74 Å². The Morgan fingerprint density at radius 2 is 1.35 bits per heavy atom. The third kappa shape index (κ3) is 6.70. The van der Waals surface area contributed by atoms with Crippen LogP contribution in [0.1, 0.15) is 11.1 Å². The highest BCUT2D eigenvalue weighted by atomic mass is 16.5. The number of benzene rings is 2. The van der Waals surface area contributed by atoms with Gasteiger partial charge in [0.2, 0.25) is 0 Å². The number of rotatable bonds is 7. The molecule has 1 N–H and O–H groups in total. The van der Waals surface area contributed by atoms with Crippen LogP contribution in [0.4, 0.5) is 0 Å². The van der Waals surface area contributed by atoms with Crippen molar-refractivity contribution in [1.82, 2.24) is 0 Å². The molecule has 120 valence electrons. The molecule has 2 rings (SSSR count). The van der Waals surface area contributed by atoms with Gasteiger partial charge in [-0.1, -0.05) is 61.2 Å². The van der Waals surface area contributed by atoms with Gasteiger partial charge in [0, 0.05) is 0 Å². The van der Waals surface area contributed by atoms with Crippen molar-refractivity contribution in [3.05, 3.63) is 97.6 Å². The number of ether oxygens (including phenoxy) is 1. The predicted octanol–water partition coefficient (Wildman–Crippen LogP) is 5.10. The van der Waals surface area contributed by atoms with Gasteiger partial charge in [0.25, 0.3) is 0 Å². The number of para-hydroxylation sites is 2. The lowest BCUT2D eigenvalue weighted by molar-refractivity contribution is 0.360. The van der Waals surface area contributed by atoms with E-state index in [4.69, 9.17) is 4.74 Å². The van der Waals surface area contributed by atoms with E-state index in [9.17, 15) is 5.11 Å². The SMILES string of the molecule is C=CCOc1ccccc1CC=C.C=CCc1ccccc1O. The number of hydrogen-bond acceptors (Lipinski definition) is 2. The van der Waals surface area contributed by atoms with Crippen LogP contribution in [0.5, 0.6) is 11.5 Å². The number of hydrogen-bond donors (Lipinski definition) is 1. The van der Waals surface area contributed by atoms with Gasteiger partial charge in [-0.15, -0.1) is 13.2 Å². The first-order chi connectivity index (χ1) is 11.2. The van der Waals surface area contributed by atoms with Crippen LogP contribution in [0, 0.1) is 0 Å². The highest BCUT2D eigenvalue weighted by Gasteiger charge is 1.98. The normalized spacial score (nSPS) is 9.22. The fraction of sp³-hybridized carbons (Fsp3) is 0.143. The molecular weight excluding hydrogens is 284 g/mol. The summed E-state index contributed by atoms with van der Waals surface area (Å²) in [6.07, 6.45) is 6.95. The molecule has 0 fully saturated rings. The second-order valence-electron chi connectivity index (χ2n) is 4.82. The topological polar surface area (TPSA) is 29.5 Å². The molecule has 2 aromatic rings. The number of phenolic OH excluding ortho intramolecular Hbond substituents is 1. The zero-order chi connectivity index (χ0) is 16.9. The van der Waals surface area contributed by atoms with Gasteiger partial charge in [-0.2, -0.15) is 0 Å². The summed E-state index contributed by atoms with van der Waals surface area (Å²) in [6.45, 7) is 11.4. The summed E-state index contributed by atoms with van der Waals surface area (Å²) >= 11 is 0. The van der Waals surface area contributed by atoms with Crippen LogP contribution in [0.2, 0.25) is 0 Å². The molecule has 0 aliphatic carbocycles. The van der Waals surface area contributed by atoms with E-state index in [0.717, 1.165) is 24.2 Å². The van der Waals surface area contributed by atoms with E-state index < -0.39 is 0 Å². The summed E-state index contributed by atoms with van der Waals surface area (Å²) < 4.78 is 5.47. The molecule has 0 radical (unpaired) electrons. The molecule has 0 amide bonds. The van der Waals surface area contributed by atoms with E-state index in [1.165, 1.54) is 5.56 Å². The quantitative estimate of drug-likeness (QED) is 0.721. The molecule has 2 heteroatoms. The summed E-state index contributed by atoms with van der Waals surface area (Å²) in [5.74, 6) is 1.27.